The van der Waals surface area contributed by atoms with Crippen molar-refractivity contribution in [3.63, 3.8) is 0 Å². The van der Waals surface area contributed by atoms with Crippen LogP contribution in [0.3, 0.4) is 0 Å². The maximum Gasteiger partial charge on any atom is 0.360 e. The summed E-state index contributed by atoms with van der Waals surface area (Å²) in [5.41, 5.74) is -1.24. The Labute approximate surface area is 117 Å². The summed E-state index contributed by atoms with van der Waals surface area (Å²) < 4.78 is 2.39. The van der Waals surface area contributed by atoms with Crippen LogP contribution in [0.15, 0.2) is 34.1 Å². The maximum absolute atomic E-state index is 12.4. The molecule has 9 nitrogen and oxygen atoms in total. The second kappa shape index (κ2) is 4.47. The summed E-state index contributed by atoms with van der Waals surface area (Å²) >= 11 is 0. The lowest BCUT2D eigenvalue weighted by Gasteiger charge is -2.13. The molecule has 2 aliphatic rings. The van der Waals surface area contributed by atoms with Crippen molar-refractivity contribution in [1.82, 2.24) is 24.3 Å². The molecule has 9 heteroatoms. The minimum absolute atomic E-state index is 0.00986. The fourth-order valence-electron chi connectivity index (χ4n) is 1.97. The Bertz CT molecular complexity index is 915. The van der Waals surface area contributed by atoms with Gasteiger partial charge in [-0.2, -0.15) is 9.67 Å². The lowest BCUT2D eigenvalue weighted by Crippen LogP contribution is -2.47. The van der Waals surface area contributed by atoms with E-state index in [4.69, 9.17) is 0 Å². The third-order valence-electron chi connectivity index (χ3n) is 3.07. The molecule has 0 fully saturated rings. The Morgan fingerprint density at radius 3 is 2.71 bits per heavy atom. The van der Waals surface area contributed by atoms with Crippen LogP contribution in [-0.4, -0.2) is 24.3 Å². The van der Waals surface area contributed by atoms with Gasteiger partial charge in [-0.05, 0) is 12.1 Å². The van der Waals surface area contributed by atoms with E-state index < -0.39 is 11.2 Å². The number of nitrogens with zero attached hydrogens (tertiary/aromatic N) is 6. The van der Waals surface area contributed by atoms with Crippen LogP contribution in [0.1, 0.15) is 0 Å². The third kappa shape index (κ3) is 1.86. The first-order valence-electron chi connectivity index (χ1n) is 5.98. The van der Waals surface area contributed by atoms with Crippen molar-refractivity contribution in [3.8, 4) is 22.9 Å². The van der Waals surface area contributed by atoms with Gasteiger partial charge < -0.3 is 5.21 Å². The highest BCUT2D eigenvalue weighted by Gasteiger charge is 2.27. The molecule has 1 aromatic heterocycles. The summed E-state index contributed by atoms with van der Waals surface area (Å²) in [6.07, 6.45) is 3.02. The van der Waals surface area contributed by atoms with Gasteiger partial charge in [0, 0.05) is 19.4 Å². The first-order valence-corrected chi connectivity index (χ1v) is 5.98. The highest BCUT2D eigenvalue weighted by Crippen LogP contribution is 2.14. The number of hydrogen-bond donors (Lipinski definition) is 0. The first kappa shape index (κ1) is 12.9. The number of aryl methyl sites for hydroxylation is 1. The van der Waals surface area contributed by atoms with E-state index in [9.17, 15) is 14.8 Å². The number of aromatic nitrogens is 6. The molecule has 21 heavy (non-hydrogen) atoms. The highest BCUT2D eigenvalue weighted by molar-refractivity contribution is 5.53. The molecule has 0 aliphatic carbocycles. The zero-order chi connectivity index (χ0) is 15.1. The molecule has 0 amide bonds. The Kier molecular flexibility index (Phi) is 2.75. The molecule has 3 rings (SSSR count). The summed E-state index contributed by atoms with van der Waals surface area (Å²) in [5, 5.41) is 16.5. The lowest BCUT2D eigenvalue weighted by molar-refractivity contribution is -0.587. The molecule has 0 spiro atoms. The van der Waals surface area contributed by atoms with Gasteiger partial charge in [0.05, 0.1) is 17.7 Å². The van der Waals surface area contributed by atoms with Crippen LogP contribution in [-0.2, 0) is 14.1 Å². The zero-order valence-electron chi connectivity index (χ0n) is 11.2. The molecule has 0 unspecified atom stereocenters. The van der Waals surface area contributed by atoms with Gasteiger partial charge in [-0.3, -0.25) is 14.3 Å². The van der Waals surface area contributed by atoms with Gasteiger partial charge in [0.2, 0.25) is 11.5 Å². The van der Waals surface area contributed by atoms with Crippen LogP contribution in [0, 0.1) is 5.21 Å². The van der Waals surface area contributed by atoms with Gasteiger partial charge >= 0.3 is 17.1 Å². The van der Waals surface area contributed by atoms with Gasteiger partial charge in [-0.25, -0.2) is 9.52 Å². The molecule has 0 N–H and O–H groups in total. The summed E-state index contributed by atoms with van der Waals surface area (Å²) in [4.78, 5) is 31.3. The summed E-state index contributed by atoms with van der Waals surface area (Å²) in [7, 11) is 2.77. The van der Waals surface area contributed by atoms with Crippen LogP contribution >= 0.6 is 0 Å². The molecule has 3 heterocycles. The topological polar surface area (TPSA) is 110 Å². The van der Waals surface area contributed by atoms with E-state index in [1.165, 1.54) is 25.0 Å². The molecular weight excluding hydrogens is 276 g/mol. The molecule has 1 aromatic rings. The highest BCUT2D eigenvalue weighted by atomic mass is 16.5. The van der Waals surface area contributed by atoms with E-state index in [0.29, 0.717) is 10.3 Å². The van der Waals surface area contributed by atoms with Crippen molar-refractivity contribution in [1.29, 1.82) is 0 Å². The summed E-state index contributed by atoms with van der Waals surface area (Å²) in [5.74, 6) is -0.0543. The second-order valence-corrected chi connectivity index (χ2v) is 4.41. The van der Waals surface area contributed by atoms with Gasteiger partial charge in [0.25, 0.3) is 0 Å². The van der Waals surface area contributed by atoms with Crippen molar-refractivity contribution in [2.45, 2.75) is 0 Å². The minimum Gasteiger partial charge on any atom is -0.710 e. The van der Waals surface area contributed by atoms with Gasteiger partial charge in [-0.1, -0.05) is 0 Å². The summed E-state index contributed by atoms with van der Waals surface area (Å²) in [6.45, 7) is 0. The monoisotopic (exact) mass is 286 g/mol. The number of hydrogen-bond acceptors (Lipinski definition) is 6. The van der Waals surface area contributed by atoms with Crippen LogP contribution in [0.2, 0.25) is 0 Å². The standard InChI is InChI=1S/C12H10N6O3/c1-16-11(19)8-10(14-12(16)20)17(2)15-9(18(8)21)7-4-3-5-13-6-7/h3-6H,1-2H3. The Morgan fingerprint density at radius 2 is 2.05 bits per heavy atom. The smallest absolute Gasteiger partial charge is 0.360 e. The molecule has 0 saturated heterocycles. The zero-order valence-corrected chi connectivity index (χ0v) is 11.2. The molecule has 106 valence electrons. The van der Waals surface area contributed by atoms with Crippen LogP contribution < -0.4 is 16.0 Å². The molecule has 0 bridgehead atoms. The SMILES string of the molecule is Cn1nc(-c2cccnc2)[n+]([O-])c2c(=O)n(C)c(=O)nc1-2. The summed E-state index contributed by atoms with van der Waals surface area (Å²) in [6, 6.07) is 3.30. The van der Waals surface area contributed by atoms with Crippen LogP contribution in [0.4, 0.5) is 0 Å². The Morgan fingerprint density at radius 1 is 1.29 bits per heavy atom. The average molecular weight is 286 g/mol. The van der Waals surface area contributed by atoms with Crippen LogP contribution in [0.25, 0.3) is 22.9 Å². The van der Waals surface area contributed by atoms with E-state index in [0.717, 1.165) is 4.57 Å². The Balaban J connectivity index is 2.47. The molecule has 0 radical (unpaired) electrons. The molecule has 0 atom stereocenters. The van der Waals surface area contributed by atoms with E-state index in [1.807, 2.05) is 0 Å². The van der Waals surface area contributed by atoms with Gasteiger partial charge in [0.15, 0.2) is 0 Å². The van der Waals surface area contributed by atoms with Crippen molar-refractivity contribution >= 4 is 0 Å². The quantitative estimate of drug-likeness (QED) is 0.405. The number of pyridine rings is 1. The average Bonchev–Trinajstić information content (AvgIpc) is 2.49. The molecule has 0 saturated carbocycles. The first-order chi connectivity index (χ1) is 10.0. The fraction of sp³-hybridized carbons (Fsp3) is 0.167. The minimum atomic E-state index is -0.737. The van der Waals surface area contributed by atoms with Crippen molar-refractivity contribution in [3.05, 3.63) is 50.6 Å². The number of fused-ring (bicyclic) bond motifs is 1. The lowest BCUT2D eigenvalue weighted by atomic mass is 10.2. The third-order valence-corrected chi connectivity index (χ3v) is 3.07. The van der Waals surface area contributed by atoms with Crippen molar-refractivity contribution in [2.24, 2.45) is 14.1 Å². The number of rotatable bonds is 1. The van der Waals surface area contributed by atoms with E-state index in [1.54, 1.807) is 18.3 Å². The predicted octanol–water partition coefficient (Wildman–Crippen LogP) is -1.33. The van der Waals surface area contributed by atoms with E-state index in [-0.39, 0.29) is 17.3 Å². The Hall–Kier alpha value is -3.10. The normalized spacial score (nSPS) is 11.0. The molecule has 2 aliphatic heterocycles. The largest absolute Gasteiger partial charge is 0.710 e. The molecular formula is C12H10N6O3. The van der Waals surface area contributed by atoms with Crippen molar-refractivity contribution in [2.75, 3.05) is 0 Å². The maximum atomic E-state index is 12.4. The van der Waals surface area contributed by atoms with Crippen molar-refractivity contribution < 1.29 is 4.73 Å². The van der Waals surface area contributed by atoms with Crippen LogP contribution in [0.5, 0.6) is 0 Å². The van der Waals surface area contributed by atoms with E-state index >= 15 is 0 Å². The van der Waals surface area contributed by atoms with Gasteiger partial charge in [-0.15, -0.1) is 0 Å². The fourth-order valence-corrected chi connectivity index (χ4v) is 1.97. The second-order valence-electron chi connectivity index (χ2n) is 4.41. The van der Waals surface area contributed by atoms with Gasteiger partial charge in [0.1, 0.15) is 0 Å². The predicted molar refractivity (Wildman–Crippen MR) is 71.3 cm³/mol. The molecule has 0 aromatic carbocycles. The van der Waals surface area contributed by atoms with E-state index in [2.05, 4.69) is 15.1 Å².